The fraction of sp³-hybridized carbons (Fsp3) is 0.867. The highest BCUT2D eigenvalue weighted by Crippen LogP contribution is 2.19. The van der Waals surface area contributed by atoms with Crippen molar-refractivity contribution in [3.05, 3.63) is 0 Å². The van der Waals surface area contributed by atoms with Crippen molar-refractivity contribution in [1.82, 2.24) is 4.90 Å². The first-order valence-corrected chi connectivity index (χ1v) is 7.54. The van der Waals surface area contributed by atoms with Gasteiger partial charge in [0.05, 0.1) is 13.0 Å². The molecule has 0 spiro atoms. The zero-order valence-corrected chi connectivity index (χ0v) is 12.3. The molecular weight excluding hydrogens is 242 g/mol. The minimum Gasteiger partial charge on any atom is -0.469 e. The number of hydrogen-bond donors (Lipinski definition) is 0. The van der Waals surface area contributed by atoms with Crippen molar-refractivity contribution in [2.24, 2.45) is 5.92 Å². The topological polar surface area (TPSA) is 46.6 Å². The van der Waals surface area contributed by atoms with Crippen molar-refractivity contribution in [3.8, 4) is 0 Å². The number of amides is 1. The van der Waals surface area contributed by atoms with Gasteiger partial charge in [-0.2, -0.15) is 0 Å². The van der Waals surface area contributed by atoms with E-state index in [1.807, 2.05) is 4.90 Å². The van der Waals surface area contributed by atoms with Crippen LogP contribution in [0.25, 0.3) is 0 Å². The van der Waals surface area contributed by atoms with Crippen LogP contribution in [0.2, 0.25) is 0 Å². The lowest BCUT2D eigenvalue weighted by molar-refractivity contribution is -0.145. The van der Waals surface area contributed by atoms with Gasteiger partial charge >= 0.3 is 5.97 Å². The maximum absolute atomic E-state index is 11.7. The number of rotatable bonds is 9. The molecule has 0 radical (unpaired) electrons. The summed E-state index contributed by atoms with van der Waals surface area (Å²) in [6.07, 6.45) is 9.02. The minimum atomic E-state index is -0.254. The second kappa shape index (κ2) is 8.94. The minimum absolute atomic E-state index is 0.0985. The van der Waals surface area contributed by atoms with E-state index in [1.54, 1.807) is 0 Å². The lowest BCUT2D eigenvalue weighted by Crippen LogP contribution is -2.27. The number of likely N-dealkylation sites (tertiary alicyclic amines) is 1. The van der Waals surface area contributed by atoms with E-state index in [0.29, 0.717) is 13.0 Å². The van der Waals surface area contributed by atoms with Crippen LogP contribution in [0.5, 0.6) is 0 Å². The van der Waals surface area contributed by atoms with Gasteiger partial charge in [0.2, 0.25) is 5.91 Å². The number of carbonyl (C=O) groups is 2. The van der Waals surface area contributed by atoms with Crippen molar-refractivity contribution in [1.29, 1.82) is 0 Å². The number of nitrogens with zero attached hydrogens (tertiary/aromatic N) is 1. The Morgan fingerprint density at radius 2 is 1.84 bits per heavy atom. The molecule has 4 nitrogen and oxygen atoms in total. The zero-order chi connectivity index (χ0) is 14.1. The third-order valence-electron chi connectivity index (χ3n) is 3.78. The second-order valence-corrected chi connectivity index (χ2v) is 5.39. The SMILES string of the molecule is CCCCCCCCCN1CC(C(=O)OC)CC1=O. The van der Waals surface area contributed by atoms with Crippen molar-refractivity contribution in [2.75, 3.05) is 20.2 Å². The number of methoxy groups -OCH3 is 1. The molecule has 0 aromatic heterocycles. The van der Waals surface area contributed by atoms with Crippen LogP contribution in [-0.2, 0) is 14.3 Å². The van der Waals surface area contributed by atoms with E-state index >= 15 is 0 Å². The van der Waals surface area contributed by atoms with E-state index in [9.17, 15) is 9.59 Å². The Labute approximate surface area is 116 Å². The summed E-state index contributed by atoms with van der Waals surface area (Å²) >= 11 is 0. The highest BCUT2D eigenvalue weighted by molar-refractivity contribution is 5.86. The summed E-state index contributed by atoms with van der Waals surface area (Å²) in [6, 6.07) is 0. The van der Waals surface area contributed by atoms with Gasteiger partial charge < -0.3 is 9.64 Å². The van der Waals surface area contributed by atoms with E-state index in [0.717, 1.165) is 13.0 Å². The molecule has 0 aliphatic carbocycles. The third-order valence-corrected chi connectivity index (χ3v) is 3.78. The van der Waals surface area contributed by atoms with Crippen LogP contribution in [0.3, 0.4) is 0 Å². The summed E-state index contributed by atoms with van der Waals surface area (Å²) in [7, 11) is 1.38. The maximum atomic E-state index is 11.7. The Morgan fingerprint density at radius 1 is 1.21 bits per heavy atom. The zero-order valence-electron chi connectivity index (χ0n) is 12.3. The molecule has 0 aromatic rings. The number of esters is 1. The molecule has 0 N–H and O–H groups in total. The molecule has 19 heavy (non-hydrogen) atoms. The molecule has 110 valence electrons. The molecule has 1 fully saturated rings. The van der Waals surface area contributed by atoms with Crippen LogP contribution in [0.4, 0.5) is 0 Å². The predicted molar refractivity (Wildman–Crippen MR) is 74.7 cm³/mol. The molecule has 0 aromatic carbocycles. The average Bonchev–Trinajstić information content (AvgIpc) is 2.78. The number of hydrogen-bond acceptors (Lipinski definition) is 3. The Bertz CT molecular complexity index is 291. The predicted octanol–water partition coefficient (Wildman–Crippen LogP) is 2.76. The van der Waals surface area contributed by atoms with Gasteiger partial charge in [-0.05, 0) is 6.42 Å². The highest BCUT2D eigenvalue weighted by atomic mass is 16.5. The smallest absolute Gasteiger partial charge is 0.310 e. The summed E-state index contributed by atoms with van der Waals surface area (Å²) in [5.74, 6) is -0.404. The molecular formula is C15H27NO3. The largest absolute Gasteiger partial charge is 0.469 e. The third kappa shape index (κ3) is 5.62. The maximum Gasteiger partial charge on any atom is 0.310 e. The van der Waals surface area contributed by atoms with Crippen LogP contribution < -0.4 is 0 Å². The van der Waals surface area contributed by atoms with Gasteiger partial charge in [0.25, 0.3) is 0 Å². The molecule has 1 amide bonds. The molecule has 4 heteroatoms. The summed E-state index contributed by atoms with van der Waals surface area (Å²) in [6.45, 7) is 3.55. The fourth-order valence-corrected chi connectivity index (χ4v) is 2.57. The van der Waals surface area contributed by atoms with Gasteiger partial charge in [0, 0.05) is 19.5 Å². The number of unbranched alkanes of at least 4 members (excludes halogenated alkanes) is 6. The molecule has 1 saturated heterocycles. The van der Waals surface area contributed by atoms with Gasteiger partial charge in [0.15, 0.2) is 0 Å². The van der Waals surface area contributed by atoms with Gasteiger partial charge in [-0.3, -0.25) is 9.59 Å². The molecule has 1 unspecified atom stereocenters. The summed E-state index contributed by atoms with van der Waals surface area (Å²) in [4.78, 5) is 24.9. The van der Waals surface area contributed by atoms with Gasteiger partial charge in [-0.25, -0.2) is 0 Å². The van der Waals surface area contributed by atoms with Crippen LogP contribution in [0, 0.1) is 5.92 Å². The van der Waals surface area contributed by atoms with Crippen molar-refractivity contribution < 1.29 is 14.3 Å². The Balaban J connectivity index is 2.10. The molecule has 0 bridgehead atoms. The lowest BCUT2D eigenvalue weighted by Gasteiger charge is -2.15. The average molecular weight is 269 g/mol. The van der Waals surface area contributed by atoms with E-state index in [2.05, 4.69) is 6.92 Å². The number of carbonyl (C=O) groups excluding carboxylic acids is 2. The Kier molecular flexibility index (Phi) is 7.53. The summed E-state index contributed by atoms with van der Waals surface area (Å²) < 4.78 is 4.69. The molecule has 1 rings (SSSR count). The van der Waals surface area contributed by atoms with E-state index < -0.39 is 0 Å². The summed E-state index contributed by atoms with van der Waals surface area (Å²) in [5.41, 5.74) is 0. The van der Waals surface area contributed by atoms with E-state index in [-0.39, 0.29) is 17.8 Å². The quantitative estimate of drug-likeness (QED) is 0.477. The Hall–Kier alpha value is -1.06. The van der Waals surface area contributed by atoms with Crippen LogP contribution in [0.15, 0.2) is 0 Å². The first kappa shape index (κ1) is 16.0. The molecule has 1 atom stereocenters. The normalized spacial score (nSPS) is 18.9. The molecule has 1 aliphatic rings. The van der Waals surface area contributed by atoms with Crippen molar-refractivity contribution >= 4 is 11.9 Å². The van der Waals surface area contributed by atoms with E-state index in [4.69, 9.17) is 4.74 Å². The first-order chi connectivity index (χ1) is 9.19. The Morgan fingerprint density at radius 3 is 2.47 bits per heavy atom. The highest BCUT2D eigenvalue weighted by Gasteiger charge is 2.34. The first-order valence-electron chi connectivity index (χ1n) is 7.54. The number of ether oxygens (including phenoxy) is 1. The van der Waals surface area contributed by atoms with Gasteiger partial charge in [0.1, 0.15) is 0 Å². The standard InChI is InChI=1S/C15H27NO3/c1-3-4-5-6-7-8-9-10-16-12-13(11-14(16)17)15(18)19-2/h13H,3-12H2,1-2H3. The fourth-order valence-electron chi connectivity index (χ4n) is 2.57. The lowest BCUT2D eigenvalue weighted by atomic mass is 10.1. The van der Waals surface area contributed by atoms with Crippen molar-refractivity contribution in [3.63, 3.8) is 0 Å². The summed E-state index contributed by atoms with van der Waals surface area (Å²) in [5, 5.41) is 0. The monoisotopic (exact) mass is 269 g/mol. The van der Waals surface area contributed by atoms with Crippen LogP contribution >= 0.6 is 0 Å². The van der Waals surface area contributed by atoms with Gasteiger partial charge in [-0.1, -0.05) is 45.4 Å². The van der Waals surface area contributed by atoms with Crippen LogP contribution in [-0.4, -0.2) is 37.0 Å². The van der Waals surface area contributed by atoms with Crippen molar-refractivity contribution in [2.45, 2.75) is 58.3 Å². The molecule has 1 heterocycles. The van der Waals surface area contributed by atoms with E-state index in [1.165, 1.54) is 45.6 Å². The molecule has 1 aliphatic heterocycles. The van der Waals surface area contributed by atoms with Crippen LogP contribution in [0.1, 0.15) is 58.3 Å². The van der Waals surface area contributed by atoms with Gasteiger partial charge in [-0.15, -0.1) is 0 Å². The second-order valence-electron chi connectivity index (χ2n) is 5.39. The molecule has 0 saturated carbocycles.